The minimum atomic E-state index is -4.61. The minimum absolute atomic E-state index is 0.258. The maximum atomic E-state index is 12.5. The van der Waals surface area contributed by atoms with Crippen molar-refractivity contribution in [1.82, 2.24) is 4.98 Å². The lowest BCUT2D eigenvalue weighted by atomic mass is 10.2. The number of hydrogen-bond donors (Lipinski definition) is 2. The third-order valence-corrected chi connectivity index (χ3v) is 1.84. The Bertz CT molecular complexity index is 471. The van der Waals surface area contributed by atoms with Gasteiger partial charge < -0.3 is 10.4 Å². The zero-order valence-electron chi connectivity index (χ0n) is 8.50. The van der Waals surface area contributed by atoms with Crippen molar-refractivity contribution < 1.29 is 27.9 Å². The smallest absolute Gasteiger partial charge is 0.418 e. The molecule has 0 atom stereocenters. The van der Waals surface area contributed by atoms with E-state index in [0.29, 0.717) is 6.07 Å². The number of anilines is 1. The molecule has 1 amide bonds. The molecule has 8 heteroatoms. The Morgan fingerprint density at radius 1 is 1.41 bits per heavy atom. The van der Waals surface area contributed by atoms with Gasteiger partial charge in [-0.05, 0) is 13.0 Å². The molecule has 17 heavy (non-hydrogen) atoms. The number of nitrogens with zero attached hydrogens (tertiary/aromatic N) is 1. The van der Waals surface area contributed by atoms with Crippen molar-refractivity contribution in [2.75, 3.05) is 5.32 Å². The summed E-state index contributed by atoms with van der Waals surface area (Å²) in [5.74, 6) is -3.22. The van der Waals surface area contributed by atoms with Crippen LogP contribution in [0.2, 0.25) is 0 Å². The Morgan fingerprint density at radius 3 is 2.47 bits per heavy atom. The number of halogens is 3. The number of alkyl halides is 3. The highest BCUT2D eigenvalue weighted by Gasteiger charge is 2.33. The second-order valence-electron chi connectivity index (χ2n) is 3.11. The Balaban J connectivity index is 3.05. The fourth-order valence-corrected chi connectivity index (χ4v) is 1.07. The van der Waals surface area contributed by atoms with Crippen molar-refractivity contribution >= 4 is 17.6 Å². The van der Waals surface area contributed by atoms with Crippen molar-refractivity contribution in [1.29, 1.82) is 0 Å². The first-order valence-corrected chi connectivity index (χ1v) is 4.30. The Labute approximate surface area is 93.3 Å². The summed E-state index contributed by atoms with van der Waals surface area (Å²) in [5.41, 5.74) is -1.61. The monoisotopic (exact) mass is 248 g/mol. The Kier molecular flexibility index (Phi) is 3.35. The molecule has 0 bridgehead atoms. The van der Waals surface area contributed by atoms with E-state index >= 15 is 0 Å². The number of amides is 1. The lowest BCUT2D eigenvalue weighted by molar-refractivity contribution is -0.147. The summed E-state index contributed by atoms with van der Waals surface area (Å²) >= 11 is 0. The van der Waals surface area contributed by atoms with Crippen LogP contribution in [0, 0.1) is 6.92 Å². The first-order valence-electron chi connectivity index (χ1n) is 4.30. The van der Waals surface area contributed by atoms with E-state index in [9.17, 15) is 22.8 Å². The van der Waals surface area contributed by atoms with Gasteiger partial charge in [0.25, 0.3) is 0 Å². The van der Waals surface area contributed by atoms with Gasteiger partial charge >= 0.3 is 18.1 Å². The van der Waals surface area contributed by atoms with Crippen molar-refractivity contribution in [3.05, 3.63) is 23.5 Å². The van der Waals surface area contributed by atoms with Gasteiger partial charge in [-0.15, -0.1) is 0 Å². The molecule has 0 spiro atoms. The second-order valence-corrected chi connectivity index (χ2v) is 3.11. The lowest BCUT2D eigenvalue weighted by Crippen LogP contribution is -2.22. The topological polar surface area (TPSA) is 79.3 Å². The summed E-state index contributed by atoms with van der Waals surface area (Å²) in [7, 11) is 0. The van der Waals surface area contributed by atoms with Gasteiger partial charge in [0.15, 0.2) is 0 Å². The van der Waals surface area contributed by atoms with Crippen molar-refractivity contribution in [2.45, 2.75) is 13.1 Å². The van der Waals surface area contributed by atoms with Gasteiger partial charge in [0, 0.05) is 5.69 Å². The maximum absolute atomic E-state index is 12.5. The van der Waals surface area contributed by atoms with Gasteiger partial charge in [-0.1, -0.05) is 0 Å². The van der Waals surface area contributed by atoms with Crippen LogP contribution < -0.4 is 5.32 Å². The molecule has 0 aliphatic heterocycles. The van der Waals surface area contributed by atoms with Gasteiger partial charge in [-0.2, -0.15) is 13.2 Å². The Hall–Kier alpha value is -2.12. The van der Waals surface area contributed by atoms with E-state index in [2.05, 4.69) is 4.98 Å². The van der Waals surface area contributed by atoms with Gasteiger partial charge in [-0.3, -0.25) is 9.78 Å². The highest BCUT2D eigenvalue weighted by molar-refractivity contribution is 6.36. The number of carbonyl (C=O) groups is 2. The molecule has 0 radical (unpaired) electrons. The molecule has 1 aromatic heterocycles. The zero-order chi connectivity index (χ0) is 13.2. The molecule has 0 aromatic carbocycles. The summed E-state index contributed by atoms with van der Waals surface area (Å²) in [4.78, 5) is 24.4. The summed E-state index contributed by atoms with van der Waals surface area (Å²) < 4.78 is 37.4. The van der Waals surface area contributed by atoms with Crippen LogP contribution in [-0.4, -0.2) is 22.0 Å². The highest BCUT2D eigenvalue weighted by atomic mass is 19.4. The van der Waals surface area contributed by atoms with Gasteiger partial charge in [0.1, 0.15) is 0 Å². The molecule has 0 aliphatic carbocycles. The van der Waals surface area contributed by atoms with Crippen molar-refractivity contribution in [2.24, 2.45) is 0 Å². The third kappa shape index (κ3) is 3.16. The van der Waals surface area contributed by atoms with Crippen molar-refractivity contribution in [3.8, 4) is 0 Å². The van der Waals surface area contributed by atoms with Crippen LogP contribution in [0.25, 0.3) is 0 Å². The van der Waals surface area contributed by atoms with E-state index in [1.807, 2.05) is 0 Å². The predicted molar refractivity (Wildman–Crippen MR) is 50.2 cm³/mol. The standard InChI is InChI=1S/C9H7F3N2O3/c1-4-6(9(10,11)12)2-5(3-13-4)14-7(15)8(16)17/h2-3H,1H3,(H,14,15)(H,16,17). The average molecular weight is 248 g/mol. The lowest BCUT2D eigenvalue weighted by Gasteiger charge is -2.11. The molecule has 1 rings (SSSR count). The summed E-state index contributed by atoms with van der Waals surface area (Å²) in [6.45, 7) is 1.16. The van der Waals surface area contributed by atoms with Crippen molar-refractivity contribution in [3.63, 3.8) is 0 Å². The maximum Gasteiger partial charge on any atom is 0.418 e. The van der Waals surface area contributed by atoms with Crippen LogP contribution in [0.3, 0.4) is 0 Å². The molecular formula is C9H7F3N2O3. The minimum Gasteiger partial charge on any atom is -0.474 e. The quantitative estimate of drug-likeness (QED) is 0.737. The van der Waals surface area contributed by atoms with E-state index in [0.717, 1.165) is 13.1 Å². The number of pyridine rings is 1. The summed E-state index contributed by atoms with van der Waals surface area (Å²) in [6.07, 6.45) is -3.66. The van der Waals surface area contributed by atoms with Crippen LogP contribution >= 0.6 is 0 Å². The van der Waals surface area contributed by atoms with Crippen LogP contribution in [0.1, 0.15) is 11.3 Å². The van der Waals surface area contributed by atoms with Gasteiger partial charge in [0.2, 0.25) is 0 Å². The first kappa shape index (κ1) is 12.9. The zero-order valence-corrected chi connectivity index (χ0v) is 8.50. The predicted octanol–water partition coefficient (Wildman–Crippen LogP) is 1.43. The van der Waals surface area contributed by atoms with E-state index in [1.165, 1.54) is 0 Å². The molecular weight excluding hydrogens is 241 g/mol. The molecule has 5 nitrogen and oxygen atoms in total. The van der Waals surface area contributed by atoms with Gasteiger partial charge in [-0.25, -0.2) is 4.79 Å². The van der Waals surface area contributed by atoms with Gasteiger partial charge in [0.05, 0.1) is 17.4 Å². The summed E-state index contributed by atoms with van der Waals surface area (Å²) in [5, 5.41) is 10.1. The second kappa shape index (κ2) is 4.40. The van der Waals surface area contributed by atoms with Crippen LogP contribution in [0.4, 0.5) is 18.9 Å². The number of carboxylic acids is 1. The molecule has 1 aromatic rings. The molecule has 0 saturated carbocycles. The molecule has 0 saturated heterocycles. The van der Waals surface area contributed by atoms with E-state index in [-0.39, 0.29) is 11.4 Å². The number of hydrogen-bond acceptors (Lipinski definition) is 3. The van der Waals surface area contributed by atoms with E-state index in [4.69, 9.17) is 5.11 Å². The van der Waals surface area contributed by atoms with Crippen LogP contribution in [0.15, 0.2) is 12.3 Å². The first-order chi connectivity index (χ1) is 7.71. The number of carboxylic acid groups (broad SMARTS) is 1. The SMILES string of the molecule is Cc1ncc(NC(=O)C(=O)O)cc1C(F)(F)F. The molecule has 2 N–H and O–H groups in total. The van der Waals surface area contributed by atoms with E-state index < -0.39 is 23.6 Å². The number of carbonyl (C=O) groups excluding carboxylic acids is 1. The number of nitrogens with one attached hydrogen (secondary N) is 1. The largest absolute Gasteiger partial charge is 0.474 e. The molecule has 1 heterocycles. The number of aliphatic carboxylic acids is 1. The molecule has 0 fully saturated rings. The average Bonchev–Trinajstić information content (AvgIpc) is 2.19. The normalized spacial score (nSPS) is 11.1. The van der Waals surface area contributed by atoms with Crippen LogP contribution in [0.5, 0.6) is 0 Å². The molecule has 0 aliphatic rings. The molecule has 0 unspecified atom stereocenters. The fourth-order valence-electron chi connectivity index (χ4n) is 1.07. The summed E-state index contributed by atoms with van der Waals surface area (Å²) in [6, 6.07) is 0.628. The van der Waals surface area contributed by atoms with E-state index in [1.54, 1.807) is 5.32 Å². The third-order valence-electron chi connectivity index (χ3n) is 1.84. The number of aromatic nitrogens is 1. The number of aryl methyl sites for hydroxylation is 1. The Morgan fingerprint density at radius 2 is 2.00 bits per heavy atom. The molecule has 92 valence electrons. The number of rotatable bonds is 1. The fraction of sp³-hybridized carbons (Fsp3) is 0.222. The van der Waals surface area contributed by atoms with Crippen LogP contribution in [-0.2, 0) is 15.8 Å². The highest BCUT2D eigenvalue weighted by Crippen LogP contribution is 2.32.